The lowest BCUT2D eigenvalue weighted by atomic mass is 9.99. The summed E-state index contributed by atoms with van der Waals surface area (Å²) in [5.74, 6) is 1.12. The standard InChI is InChI=1S/C23H36N6OS/c1-6-7-12-25-21(24-5)29-13-10-18(11-14-29)26-22(30)28-23(31)27-20-15-17(4)8-9-19(20)16(2)3/h8-9,12,15-16,18H,6-7,10-11,13-14H2,1-5H3,(H3,26,27,28,30,31)/b24-21?,25-12-. The number of nitrogens with zero attached hydrogens (tertiary/aromatic N) is 3. The van der Waals surface area contributed by atoms with Crippen molar-refractivity contribution in [3.8, 4) is 0 Å². The Balaban J connectivity index is 1.82. The zero-order valence-corrected chi connectivity index (χ0v) is 20.2. The number of aliphatic imine (C=N–C) groups is 2. The van der Waals surface area contributed by atoms with Crippen molar-refractivity contribution in [3.05, 3.63) is 29.3 Å². The Bertz CT molecular complexity index is 812. The van der Waals surface area contributed by atoms with Crippen LogP contribution in [0.5, 0.6) is 0 Å². The van der Waals surface area contributed by atoms with E-state index in [0.29, 0.717) is 11.0 Å². The lowest BCUT2D eigenvalue weighted by molar-refractivity contribution is 0.230. The summed E-state index contributed by atoms with van der Waals surface area (Å²) in [5, 5.41) is 9.26. The molecule has 8 heteroatoms. The van der Waals surface area contributed by atoms with E-state index in [2.05, 4.69) is 63.7 Å². The number of nitrogens with one attached hydrogen (secondary N) is 3. The Morgan fingerprint density at radius 3 is 2.65 bits per heavy atom. The van der Waals surface area contributed by atoms with Gasteiger partial charge in [-0.2, -0.15) is 0 Å². The fraction of sp³-hybridized carbons (Fsp3) is 0.565. The van der Waals surface area contributed by atoms with Crippen LogP contribution in [0.1, 0.15) is 63.5 Å². The Morgan fingerprint density at radius 1 is 1.32 bits per heavy atom. The zero-order chi connectivity index (χ0) is 22.8. The number of likely N-dealkylation sites (tertiary alicyclic amines) is 1. The molecule has 2 rings (SSSR count). The van der Waals surface area contributed by atoms with Gasteiger partial charge in [0.2, 0.25) is 5.96 Å². The summed E-state index contributed by atoms with van der Waals surface area (Å²) in [4.78, 5) is 23.4. The summed E-state index contributed by atoms with van der Waals surface area (Å²) in [6.45, 7) is 10.1. The molecular formula is C23H36N6OS. The fourth-order valence-electron chi connectivity index (χ4n) is 3.54. The zero-order valence-electron chi connectivity index (χ0n) is 19.4. The minimum atomic E-state index is -0.278. The predicted molar refractivity (Wildman–Crippen MR) is 135 cm³/mol. The van der Waals surface area contributed by atoms with Gasteiger partial charge in [-0.1, -0.05) is 39.3 Å². The Kier molecular flexibility index (Phi) is 9.91. The van der Waals surface area contributed by atoms with Crippen molar-refractivity contribution < 1.29 is 4.79 Å². The van der Waals surface area contributed by atoms with E-state index in [9.17, 15) is 4.79 Å². The van der Waals surface area contributed by atoms with Crippen molar-refractivity contribution in [1.82, 2.24) is 15.5 Å². The van der Waals surface area contributed by atoms with E-state index in [4.69, 9.17) is 12.2 Å². The van der Waals surface area contributed by atoms with Crippen LogP contribution in [0.15, 0.2) is 28.2 Å². The van der Waals surface area contributed by atoms with E-state index in [1.807, 2.05) is 19.2 Å². The molecule has 170 valence electrons. The van der Waals surface area contributed by atoms with Crippen LogP contribution in [0.25, 0.3) is 0 Å². The molecule has 0 aliphatic carbocycles. The summed E-state index contributed by atoms with van der Waals surface area (Å²) in [6.07, 6.45) is 5.62. The molecule has 1 aromatic carbocycles. The molecule has 0 unspecified atom stereocenters. The van der Waals surface area contributed by atoms with Crippen LogP contribution in [0.4, 0.5) is 10.5 Å². The lowest BCUT2D eigenvalue weighted by Crippen LogP contribution is -2.50. The predicted octanol–water partition coefficient (Wildman–Crippen LogP) is 4.44. The normalized spacial score (nSPS) is 15.4. The average molecular weight is 445 g/mol. The highest BCUT2D eigenvalue weighted by Gasteiger charge is 2.22. The number of aryl methyl sites for hydroxylation is 1. The first kappa shape index (κ1) is 24.8. The summed E-state index contributed by atoms with van der Waals surface area (Å²) in [5.41, 5.74) is 3.24. The first-order valence-electron chi connectivity index (χ1n) is 11.1. The molecule has 0 radical (unpaired) electrons. The van der Waals surface area contributed by atoms with Gasteiger partial charge in [-0.25, -0.2) is 9.79 Å². The first-order chi connectivity index (χ1) is 14.8. The van der Waals surface area contributed by atoms with Gasteiger partial charge in [0.25, 0.3) is 0 Å². The highest BCUT2D eigenvalue weighted by Crippen LogP contribution is 2.25. The number of anilines is 1. The summed E-state index contributed by atoms with van der Waals surface area (Å²) in [7, 11) is 1.77. The minimum absolute atomic E-state index is 0.0990. The SMILES string of the molecule is CCC/C=N\C(=NC)N1CCC(NC(=O)NC(=S)Nc2cc(C)ccc2C(C)C)CC1. The number of benzene rings is 1. The molecule has 1 aromatic rings. The Morgan fingerprint density at radius 2 is 2.03 bits per heavy atom. The highest BCUT2D eigenvalue weighted by molar-refractivity contribution is 7.80. The molecule has 0 atom stereocenters. The topological polar surface area (TPSA) is 81.1 Å². The molecule has 1 fully saturated rings. The second-order valence-corrected chi connectivity index (χ2v) is 8.59. The fourth-order valence-corrected chi connectivity index (χ4v) is 3.74. The number of thiocarbonyl (C=S) groups is 1. The van der Waals surface area contributed by atoms with Gasteiger partial charge < -0.3 is 15.5 Å². The molecule has 1 aliphatic rings. The molecule has 1 saturated heterocycles. The second-order valence-electron chi connectivity index (χ2n) is 8.18. The number of unbranched alkanes of at least 4 members (excludes halogenated alkanes) is 1. The molecule has 2 amide bonds. The van der Waals surface area contributed by atoms with Gasteiger partial charge in [-0.05, 0) is 61.5 Å². The first-order valence-corrected chi connectivity index (χ1v) is 11.5. The number of urea groups is 1. The van der Waals surface area contributed by atoms with Gasteiger partial charge >= 0.3 is 6.03 Å². The number of carbonyl (C=O) groups is 1. The monoisotopic (exact) mass is 444 g/mol. The van der Waals surface area contributed by atoms with E-state index >= 15 is 0 Å². The number of amides is 2. The highest BCUT2D eigenvalue weighted by atomic mass is 32.1. The molecule has 1 heterocycles. The number of hydrogen-bond acceptors (Lipinski definition) is 3. The van der Waals surface area contributed by atoms with Crippen molar-refractivity contribution >= 4 is 41.2 Å². The quantitative estimate of drug-likeness (QED) is 0.356. The van der Waals surface area contributed by atoms with E-state index in [0.717, 1.165) is 61.5 Å². The summed E-state index contributed by atoms with van der Waals surface area (Å²) >= 11 is 5.37. The maximum atomic E-state index is 12.4. The van der Waals surface area contributed by atoms with Crippen LogP contribution in [0, 0.1) is 6.92 Å². The van der Waals surface area contributed by atoms with Gasteiger partial charge in [0.05, 0.1) is 0 Å². The van der Waals surface area contributed by atoms with Crippen molar-refractivity contribution in [2.24, 2.45) is 9.98 Å². The van der Waals surface area contributed by atoms with Crippen molar-refractivity contribution in [2.45, 2.75) is 65.3 Å². The van der Waals surface area contributed by atoms with Gasteiger partial charge in [-0.15, -0.1) is 0 Å². The van der Waals surface area contributed by atoms with Crippen LogP contribution in [0.2, 0.25) is 0 Å². The van der Waals surface area contributed by atoms with E-state index in [-0.39, 0.29) is 12.1 Å². The van der Waals surface area contributed by atoms with Crippen molar-refractivity contribution in [2.75, 3.05) is 25.5 Å². The molecule has 1 aliphatic heterocycles. The number of piperidine rings is 1. The van der Waals surface area contributed by atoms with Crippen LogP contribution < -0.4 is 16.0 Å². The number of hydrogen-bond donors (Lipinski definition) is 3. The summed E-state index contributed by atoms with van der Waals surface area (Å²) in [6, 6.07) is 6.05. The second kappa shape index (κ2) is 12.4. The number of carbonyl (C=O) groups excluding carboxylic acids is 1. The van der Waals surface area contributed by atoms with Crippen molar-refractivity contribution in [3.63, 3.8) is 0 Å². The minimum Gasteiger partial charge on any atom is -0.341 e. The van der Waals surface area contributed by atoms with Crippen LogP contribution in [-0.2, 0) is 0 Å². The van der Waals surface area contributed by atoms with Crippen molar-refractivity contribution in [1.29, 1.82) is 0 Å². The van der Waals surface area contributed by atoms with E-state index < -0.39 is 0 Å². The van der Waals surface area contributed by atoms with E-state index in [1.165, 1.54) is 0 Å². The molecule has 0 aromatic heterocycles. The third-order valence-corrected chi connectivity index (χ3v) is 5.45. The molecule has 0 bridgehead atoms. The molecule has 31 heavy (non-hydrogen) atoms. The molecule has 0 saturated carbocycles. The van der Waals surface area contributed by atoms with Gasteiger partial charge in [0, 0.05) is 38.1 Å². The third kappa shape index (κ3) is 7.94. The van der Waals surface area contributed by atoms with E-state index in [1.54, 1.807) is 7.05 Å². The Hall–Kier alpha value is -2.48. The maximum Gasteiger partial charge on any atom is 0.321 e. The molecule has 3 N–H and O–H groups in total. The van der Waals surface area contributed by atoms with Crippen LogP contribution in [0.3, 0.4) is 0 Å². The lowest BCUT2D eigenvalue weighted by Gasteiger charge is -2.32. The maximum absolute atomic E-state index is 12.4. The molecule has 0 spiro atoms. The smallest absolute Gasteiger partial charge is 0.321 e. The number of rotatable bonds is 5. The van der Waals surface area contributed by atoms with Gasteiger partial charge in [-0.3, -0.25) is 10.3 Å². The Labute approximate surface area is 191 Å². The van der Waals surface area contributed by atoms with Gasteiger partial charge in [0.15, 0.2) is 5.11 Å². The average Bonchev–Trinajstić information content (AvgIpc) is 2.71. The number of guanidine groups is 1. The largest absolute Gasteiger partial charge is 0.341 e. The van der Waals surface area contributed by atoms with Crippen LogP contribution >= 0.6 is 12.2 Å². The third-order valence-electron chi connectivity index (χ3n) is 5.24. The van der Waals surface area contributed by atoms with Gasteiger partial charge in [0.1, 0.15) is 0 Å². The van der Waals surface area contributed by atoms with Crippen LogP contribution in [-0.4, -0.2) is 54.4 Å². The summed E-state index contributed by atoms with van der Waals surface area (Å²) < 4.78 is 0. The molecular weight excluding hydrogens is 408 g/mol. The molecule has 7 nitrogen and oxygen atoms in total.